The highest BCUT2D eigenvalue weighted by Crippen LogP contribution is 2.13. The summed E-state index contributed by atoms with van der Waals surface area (Å²) in [5.41, 5.74) is 0. The fourth-order valence-electron chi connectivity index (χ4n) is 6.34. The first-order chi connectivity index (χ1) is 30.6. The van der Waals surface area contributed by atoms with Crippen LogP contribution in [0.25, 0.3) is 0 Å². The standard InChI is InChI=1S/C57H92O5/c1-4-7-10-13-16-19-22-24-26-27-28-29-30-32-34-37-40-43-46-49-52-60-53-55(62-57(59)51-48-45-42-39-35-21-18-15-12-9-6-3)54-61-56(58)50-47-44-41-38-36-33-31-25-23-20-17-14-11-8-5-2/h7-8,10-11,16-17,19-20,24-26,28-29,31-32,34,36,38,40,43,55H,4-6,9,12-15,18,21-23,27,30,33,35,37,39,41-42,44-54H2,1-3H3/b10-7-,11-8-,19-16-,20-17-,26-24-,29-28-,31-25-,34-32-,38-36-,43-40-. The lowest BCUT2D eigenvalue weighted by atomic mass is 10.1. The molecule has 0 aliphatic heterocycles. The Morgan fingerprint density at radius 1 is 0.371 bits per heavy atom. The van der Waals surface area contributed by atoms with Crippen molar-refractivity contribution in [3.63, 3.8) is 0 Å². The van der Waals surface area contributed by atoms with Crippen molar-refractivity contribution in [2.45, 2.75) is 207 Å². The molecule has 0 amide bonds. The van der Waals surface area contributed by atoms with Crippen LogP contribution in [0, 0.1) is 0 Å². The average molecular weight is 857 g/mol. The molecule has 0 radical (unpaired) electrons. The third kappa shape index (κ3) is 49.0. The quantitative estimate of drug-likeness (QED) is 0.0347. The van der Waals surface area contributed by atoms with Crippen LogP contribution in [0.15, 0.2) is 122 Å². The van der Waals surface area contributed by atoms with Crippen molar-refractivity contribution in [3.8, 4) is 0 Å². The Morgan fingerprint density at radius 2 is 0.726 bits per heavy atom. The molecule has 0 aliphatic rings. The molecule has 0 rings (SSSR count). The molecular formula is C57H92O5. The van der Waals surface area contributed by atoms with Crippen LogP contribution in [0.2, 0.25) is 0 Å². The molecule has 0 fully saturated rings. The molecule has 0 saturated carbocycles. The Morgan fingerprint density at radius 3 is 1.16 bits per heavy atom. The summed E-state index contributed by atoms with van der Waals surface area (Å²) < 4.78 is 17.3. The maximum absolute atomic E-state index is 12.8. The van der Waals surface area contributed by atoms with Crippen LogP contribution in [0.5, 0.6) is 0 Å². The SMILES string of the molecule is CC/C=C\C/C=C\C/C=C\C/C=C\C/C=C\C/C=C\CCCOCC(COC(=O)CCCC/C=C\C/C=C\C/C=C\C/C=C\CC)OC(=O)CCCCCCCCCCCCC. The fourth-order valence-corrected chi connectivity index (χ4v) is 6.34. The number of hydrogen-bond donors (Lipinski definition) is 0. The highest BCUT2D eigenvalue weighted by molar-refractivity contribution is 5.70. The number of carbonyl (C=O) groups is 2. The monoisotopic (exact) mass is 857 g/mol. The number of esters is 2. The van der Waals surface area contributed by atoms with Crippen molar-refractivity contribution in [2.75, 3.05) is 19.8 Å². The predicted octanol–water partition coefficient (Wildman–Crippen LogP) is 17.0. The Labute approximate surface area is 382 Å². The number of allylic oxidation sites excluding steroid dienone is 20. The normalized spacial score (nSPS) is 13.3. The minimum atomic E-state index is -0.589. The minimum absolute atomic E-state index is 0.0346. The van der Waals surface area contributed by atoms with Crippen molar-refractivity contribution in [3.05, 3.63) is 122 Å². The zero-order valence-electron chi connectivity index (χ0n) is 40.1. The molecule has 5 heteroatoms. The molecule has 0 aromatic heterocycles. The first kappa shape index (κ1) is 58.3. The summed E-state index contributed by atoms with van der Waals surface area (Å²) in [6.45, 7) is 7.39. The van der Waals surface area contributed by atoms with E-state index < -0.39 is 6.10 Å². The van der Waals surface area contributed by atoms with Crippen LogP contribution in [0.3, 0.4) is 0 Å². The minimum Gasteiger partial charge on any atom is -0.462 e. The molecule has 0 N–H and O–H groups in total. The largest absolute Gasteiger partial charge is 0.462 e. The first-order valence-corrected chi connectivity index (χ1v) is 25.1. The maximum atomic E-state index is 12.8. The van der Waals surface area contributed by atoms with E-state index in [9.17, 15) is 9.59 Å². The van der Waals surface area contributed by atoms with Crippen molar-refractivity contribution in [1.82, 2.24) is 0 Å². The van der Waals surface area contributed by atoms with E-state index in [-0.39, 0.29) is 25.2 Å². The summed E-state index contributed by atoms with van der Waals surface area (Å²) in [7, 11) is 0. The van der Waals surface area contributed by atoms with E-state index >= 15 is 0 Å². The third-order valence-corrected chi connectivity index (χ3v) is 9.99. The van der Waals surface area contributed by atoms with Gasteiger partial charge in [0.25, 0.3) is 0 Å². The van der Waals surface area contributed by atoms with Gasteiger partial charge in [-0.25, -0.2) is 0 Å². The van der Waals surface area contributed by atoms with Crippen molar-refractivity contribution in [2.24, 2.45) is 0 Å². The summed E-state index contributed by atoms with van der Waals surface area (Å²) in [5.74, 6) is -0.485. The Hall–Kier alpha value is -3.70. The van der Waals surface area contributed by atoms with E-state index in [0.29, 0.717) is 19.4 Å². The molecule has 5 nitrogen and oxygen atoms in total. The molecule has 350 valence electrons. The topological polar surface area (TPSA) is 61.8 Å². The molecule has 0 bridgehead atoms. The fraction of sp³-hybridized carbons (Fsp3) is 0.614. The second-order valence-electron chi connectivity index (χ2n) is 16.0. The number of rotatable bonds is 44. The van der Waals surface area contributed by atoms with Crippen molar-refractivity contribution >= 4 is 11.9 Å². The Balaban J connectivity index is 4.43. The Bertz CT molecular complexity index is 1290. The van der Waals surface area contributed by atoms with Gasteiger partial charge in [0.1, 0.15) is 6.61 Å². The summed E-state index contributed by atoms with van der Waals surface area (Å²) in [4.78, 5) is 25.3. The van der Waals surface area contributed by atoms with Gasteiger partial charge in [0, 0.05) is 19.4 Å². The molecule has 0 spiro atoms. The van der Waals surface area contributed by atoms with Gasteiger partial charge in [-0.2, -0.15) is 0 Å². The summed E-state index contributed by atoms with van der Waals surface area (Å²) in [6.07, 6.45) is 72.2. The second-order valence-corrected chi connectivity index (χ2v) is 16.0. The molecule has 62 heavy (non-hydrogen) atoms. The van der Waals surface area contributed by atoms with E-state index in [0.717, 1.165) is 116 Å². The van der Waals surface area contributed by atoms with Gasteiger partial charge in [-0.1, -0.05) is 206 Å². The van der Waals surface area contributed by atoms with E-state index in [1.165, 1.54) is 51.4 Å². The molecule has 1 atom stereocenters. The van der Waals surface area contributed by atoms with Gasteiger partial charge < -0.3 is 14.2 Å². The molecule has 0 aliphatic carbocycles. The van der Waals surface area contributed by atoms with E-state index in [1.807, 2.05) is 0 Å². The molecule has 1 unspecified atom stereocenters. The van der Waals surface area contributed by atoms with Gasteiger partial charge in [0.05, 0.1) is 6.61 Å². The highest BCUT2D eigenvalue weighted by atomic mass is 16.6. The summed E-state index contributed by atoms with van der Waals surface area (Å²) >= 11 is 0. The second kappa shape index (κ2) is 51.6. The molecule has 0 saturated heterocycles. The molecule has 0 aromatic rings. The summed E-state index contributed by atoms with van der Waals surface area (Å²) in [6, 6.07) is 0. The van der Waals surface area contributed by atoms with Crippen molar-refractivity contribution in [1.29, 1.82) is 0 Å². The average Bonchev–Trinajstić information content (AvgIpc) is 3.27. The zero-order chi connectivity index (χ0) is 44.9. The van der Waals surface area contributed by atoms with Crippen LogP contribution < -0.4 is 0 Å². The maximum Gasteiger partial charge on any atom is 0.306 e. The zero-order valence-corrected chi connectivity index (χ0v) is 40.1. The van der Waals surface area contributed by atoms with Crippen LogP contribution in [-0.4, -0.2) is 37.9 Å². The van der Waals surface area contributed by atoms with Crippen LogP contribution in [0.4, 0.5) is 0 Å². The lowest BCUT2D eigenvalue weighted by molar-refractivity contribution is -0.163. The lowest BCUT2D eigenvalue weighted by Gasteiger charge is -2.18. The van der Waals surface area contributed by atoms with Crippen LogP contribution >= 0.6 is 0 Å². The van der Waals surface area contributed by atoms with Gasteiger partial charge in [0.15, 0.2) is 6.10 Å². The Kier molecular flexibility index (Phi) is 48.6. The smallest absolute Gasteiger partial charge is 0.306 e. The first-order valence-electron chi connectivity index (χ1n) is 25.1. The van der Waals surface area contributed by atoms with Gasteiger partial charge in [-0.15, -0.1) is 0 Å². The number of ether oxygens (including phenoxy) is 3. The molecule has 0 aromatic carbocycles. The third-order valence-electron chi connectivity index (χ3n) is 9.99. The van der Waals surface area contributed by atoms with E-state index in [4.69, 9.17) is 14.2 Å². The number of hydrogen-bond acceptors (Lipinski definition) is 5. The number of carbonyl (C=O) groups excluding carboxylic acids is 2. The van der Waals surface area contributed by atoms with Crippen molar-refractivity contribution < 1.29 is 23.8 Å². The number of unbranched alkanes of at least 4 members (excludes halogenated alkanes) is 13. The summed E-state index contributed by atoms with van der Waals surface area (Å²) in [5, 5.41) is 0. The van der Waals surface area contributed by atoms with Gasteiger partial charge in [0.2, 0.25) is 0 Å². The van der Waals surface area contributed by atoms with E-state index in [1.54, 1.807) is 0 Å². The van der Waals surface area contributed by atoms with E-state index in [2.05, 4.69) is 142 Å². The van der Waals surface area contributed by atoms with Crippen LogP contribution in [0.1, 0.15) is 201 Å². The molecule has 0 heterocycles. The lowest BCUT2D eigenvalue weighted by Crippen LogP contribution is -2.30. The molecular weight excluding hydrogens is 765 g/mol. The van der Waals surface area contributed by atoms with Gasteiger partial charge in [-0.05, 0) is 103 Å². The van der Waals surface area contributed by atoms with Gasteiger partial charge >= 0.3 is 11.9 Å². The van der Waals surface area contributed by atoms with Gasteiger partial charge in [-0.3, -0.25) is 9.59 Å². The highest BCUT2D eigenvalue weighted by Gasteiger charge is 2.17. The van der Waals surface area contributed by atoms with Crippen LogP contribution in [-0.2, 0) is 23.8 Å². The predicted molar refractivity (Wildman–Crippen MR) is 269 cm³/mol.